The molecule has 5 rings (SSSR count). The Hall–Kier alpha value is -3.49. The van der Waals surface area contributed by atoms with Crippen molar-refractivity contribution in [3.63, 3.8) is 0 Å². The minimum Gasteiger partial charge on any atom is -0.497 e. The monoisotopic (exact) mass is 446 g/mol. The highest BCUT2D eigenvalue weighted by Gasteiger charge is 2.48. The average Bonchev–Trinajstić information content (AvgIpc) is 3.43. The summed E-state index contributed by atoms with van der Waals surface area (Å²) in [6.07, 6.45) is 1.31. The lowest BCUT2D eigenvalue weighted by atomic mass is 10.1. The highest BCUT2D eigenvalue weighted by molar-refractivity contribution is 5.94. The summed E-state index contributed by atoms with van der Waals surface area (Å²) >= 11 is 0. The Morgan fingerprint density at radius 1 is 0.970 bits per heavy atom. The van der Waals surface area contributed by atoms with Gasteiger partial charge >= 0.3 is 0 Å². The van der Waals surface area contributed by atoms with Gasteiger partial charge in [0.15, 0.2) is 0 Å². The molecule has 2 aliphatic heterocycles. The van der Waals surface area contributed by atoms with Crippen LogP contribution in [0.4, 0.5) is 5.95 Å². The van der Waals surface area contributed by atoms with Crippen LogP contribution in [0.3, 0.4) is 0 Å². The number of amides is 1. The third-order valence-corrected chi connectivity index (χ3v) is 6.04. The molecule has 2 aromatic carbocycles. The second-order valence-corrected chi connectivity index (χ2v) is 8.29. The molecule has 1 aromatic heterocycles. The summed E-state index contributed by atoms with van der Waals surface area (Å²) in [6, 6.07) is 16.8. The topological polar surface area (TPSA) is 94.6 Å². The molecule has 33 heavy (non-hydrogen) atoms. The van der Waals surface area contributed by atoms with Crippen molar-refractivity contribution in [2.24, 2.45) is 0 Å². The maximum Gasteiger partial charge on any atom is 0.251 e. The lowest BCUT2D eigenvalue weighted by Gasteiger charge is -2.18. The second kappa shape index (κ2) is 9.17. The molecule has 2 N–H and O–H groups in total. The van der Waals surface area contributed by atoms with Crippen molar-refractivity contribution in [2.75, 3.05) is 25.6 Å². The number of carbonyl (C=O) groups excluding carboxylic acids is 1. The molecule has 8 nitrogen and oxygen atoms in total. The van der Waals surface area contributed by atoms with E-state index in [0.29, 0.717) is 24.7 Å². The molecule has 0 saturated carbocycles. The van der Waals surface area contributed by atoms with Crippen LogP contribution in [0.1, 0.15) is 15.9 Å². The third-order valence-electron chi connectivity index (χ3n) is 6.04. The predicted octanol–water partition coefficient (Wildman–Crippen LogP) is 2.84. The Balaban J connectivity index is 1.23. The minimum atomic E-state index is -0.221. The van der Waals surface area contributed by atoms with Crippen LogP contribution < -0.4 is 15.4 Å². The summed E-state index contributed by atoms with van der Waals surface area (Å²) in [5.41, 5.74) is 3.52. The molecule has 8 heteroatoms. The molecule has 4 unspecified atom stereocenters. The van der Waals surface area contributed by atoms with Gasteiger partial charge in [-0.15, -0.1) is 0 Å². The van der Waals surface area contributed by atoms with Gasteiger partial charge in [0.2, 0.25) is 5.95 Å². The molecule has 0 bridgehead atoms. The van der Waals surface area contributed by atoms with Gasteiger partial charge in [-0.3, -0.25) is 4.79 Å². The predicted molar refractivity (Wildman–Crippen MR) is 123 cm³/mol. The number of nitrogens with one attached hydrogen (secondary N) is 2. The summed E-state index contributed by atoms with van der Waals surface area (Å²) in [7, 11) is 1.64. The number of aromatic nitrogens is 2. The lowest BCUT2D eigenvalue weighted by Crippen LogP contribution is -2.44. The number of aryl methyl sites for hydroxylation is 1. The number of rotatable bonds is 6. The maximum atomic E-state index is 12.6. The van der Waals surface area contributed by atoms with Crippen LogP contribution in [0.5, 0.6) is 5.75 Å². The van der Waals surface area contributed by atoms with Gasteiger partial charge in [-0.25, -0.2) is 9.97 Å². The quantitative estimate of drug-likeness (QED) is 0.601. The number of anilines is 1. The minimum absolute atomic E-state index is 0.109. The van der Waals surface area contributed by atoms with Crippen LogP contribution in [0.2, 0.25) is 0 Å². The van der Waals surface area contributed by atoms with E-state index in [1.54, 1.807) is 13.3 Å². The first-order valence-electron chi connectivity index (χ1n) is 11.0. The van der Waals surface area contributed by atoms with Crippen LogP contribution in [0.25, 0.3) is 11.3 Å². The van der Waals surface area contributed by atoms with E-state index in [1.807, 2.05) is 61.5 Å². The number of hydrogen-bond donors (Lipinski definition) is 2. The van der Waals surface area contributed by atoms with E-state index >= 15 is 0 Å². The Morgan fingerprint density at radius 2 is 1.67 bits per heavy atom. The van der Waals surface area contributed by atoms with Gasteiger partial charge in [0, 0.05) is 17.3 Å². The molecule has 2 saturated heterocycles. The summed E-state index contributed by atoms with van der Waals surface area (Å²) < 4.78 is 17.2. The second-order valence-electron chi connectivity index (χ2n) is 8.29. The van der Waals surface area contributed by atoms with E-state index < -0.39 is 0 Å². The molecule has 0 aliphatic carbocycles. The molecule has 170 valence electrons. The Kier molecular flexibility index (Phi) is 5.93. The zero-order chi connectivity index (χ0) is 22.8. The van der Waals surface area contributed by atoms with Crippen LogP contribution in [-0.4, -0.2) is 60.5 Å². The number of hydrogen-bond acceptors (Lipinski definition) is 7. The summed E-state index contributed by atoms with van der Waals surface area (Å²) in [5.74, 6) is 1.18. The first kappa shape index (κ1) is 21.4. The van der Waals surface area contributed by atoms with E-state index in [4.69, 9.17) is 14.2 Å². The third kappa shape index (κ3) is 4.53. The Labute approximate surface area is 192 Å². The lowest BCUT2D eigenvalue weighted by molar-refractivity contribution is 0.0652. The van der Waals surface area contributed by atoms with Gasteiger partial charge in [0.05, 0.1) is 38.1 Å². The Bertz CT molecular complexity index is 1120. The number of benzene rings is 2. The fourth-order valence-electron chi connectivity index (χ4n) is 4.22. The fraction of sp³-hybridized carbons (Fsp3) is 0.320. The molecule has 2 aliphatic rings. The smallest absolute Gasteiger partial charge is 0.251 e. The summed E-state index contributed by atoms with van der Waals surface area (Å²) in [5, 5.41) is 6.40. The van der Waals surface area contributed by atoms with E-state index in [-0.39, 0.29) is 30.2 Å². The van der Waals surface area contributed by atoms with E-state index in [2.05, 4.69) is 20.6 Å². The Morgan fingerprint density at radius 3 is 2.39 bits per heavy atom. The van der Waals surface area contributed by atoms with Crippen LogP contribution in [0, 0.1) is 6.92 Å². The molecule has 3 aromatic rings. The molecule has 1 amide bonds. The molecule has 4 atom stereocenters. The molecule has 2 fully saturated rings. The van der Waals surface area contributed by atoms with Gasteiger partial charge in [0.25, 0.3) is 5.91 Å². The average molecular weight is 447 g/mol. The van der Waals surface area contributed by atoms with E-state index in [0.717, 1.165) is 22.6 Å². The van der Waals surface area contributed by atoms with Crippen LogP contribution in [-0.2, 0) is 9.47 Å². The van der Waals surface area contributed by atoms with Gasteiger partial charge in [-0.2, -0.15) is 0 Å². The zero-order valence-electron chi connectivity index (χ0n) is 18.5. The van der Waals surface area contributed by atoms with Crippen molar-refractivity contribution in [3.8, 4) is 17.0 Å². The number of nitrogens with zero attached hydrogens (tertiary/aromatic N) is 2. The summed E-state index contributed by atoms with van der Waals surface area (Å²) in [6.45, 7) is 2.84. The highest BCUT2D eigenvalue weighted by atomic mass is 16.6. The van der Waals surface area contributed by atoms with Crippen molar-refractivity contribution >= 4 is 11.9 Å². The van der Waals surface area contributed by atoms with Crippen molar-refractivity contribution in [2.45, 2.75) is 31.2 Å². The number of fused-ring (bicyclic) bond motifs is 1. The molecule has 3 heterocycles. The standard InChI is InChI=1S/C25H26N4O4/c1-15-3-5-17(6-4-15)24(30)27-20-13-32-23-21(14-33-22(20)23)29-25-26-12-11-19(28-25)16-7-9-18(31-2)10-8-16/h3-12,20-23H,13-14H2,1-2H3,(H,27,30)(H,26,28,29). The van der Waals surface area contributed by atoms with E-state index in [1.165, 1.54) is 0 Å². The van der Waals surface area contributed by atoms with E-state index in [9.17, 15) is 4.79 Å². The van der Waals surface area contributed by atoms with Gasteiger partial charge in [-0.05, 0) is 49.4 Å². The fourth-order valence-corrected chi connectivity index (χ4v) is 4.22. The SMILES string of the molecule is COc1ccc(-c2ccnc(NC3COC4C(NC(=O)c5ccc(C)cc5)COC34)n2)cc1. The van der Waals surface area contributed by atoms with Gasteiger partial charge < -0.3 is 24.8 Å². The van der Waals surface area contributed by atoms with Crippen molar-refractivity contribution in [1.29, 1.82) is 0 Å². The molecular formula is C25H26N4O4. The molecular weight excluding hydrogens is 420 g/mol. The first-order valence-corrected chi connectivity index (χ1v) is 11.0. The van der Waals surface area contributed by atoms with Gasteiger partial charge in [0.1, 0.15) is 18.0 Å². The highest BCUT2D eigenvalue weighted by Crippen LogP contribution is 2.29. The maximum absolute atomic E-state index is 12.6. The molecule has 0 radical (unpaired) electrons. The van der Waals surface area contributed by atoms with Crippen molar-refractivity contribution in [1.82, 2.24) is 15.3 Å². The van der Waals surface area contributed by atoms with Crippen LogP contribution in [0.15, 0.2) is 60.8 Å². The number of ether oxygens (including phenoxy) is 3. The van der Waals surface area contributed by atoms with Crippen molar-refractivity contribution < 1.29 is 19.0 Å². The molecule has 0 spiro atoms. The zero-order valence-corrected chi connectivity index (χ0v) is 18.5. The summed E-state index contributed by atoms with van der Waals surface area (Å²) in [4.78, 5) is 21.6. The normalized spacial score (nSPS) is 23.7. The van der Waals surface area contributed by atoms with Crippen LogP contribution >= 0.6 is 0 Å². The number of methoxy groups -OCH3 is 1. The van der Waals surface area contributed by atoms with Crippen molar-refractivity contribution in [3.05, 3.63) is 71.9 Å². The number of carbonyl (C=O) groups is 1. The van der Waals surface area contributed by atoms with Gasteiger partial charge in [-0.1, -0.05) is 17.7 Å². The first-order chi connectivity index (χ1) is 16.1. The largest absolute Gasteiger partial charge is 0.497 e.